The number of hydrogen-bond acceptors (Lipinski definition) is 2. The molecule has 2 aromatic carbocycles. The Morgan fingerprint density at radius 1 is 0.656 bits per heavy atom. The van der Waals surface area contributed by atoms with Crippen molar-refractivity contribution in [3.8, 4) is 0 Å². The molecule has 2 aromatic rings. The Morgan fingerprint density at radius 3 is 1.75 bits per heavy atom. The molecule has 0 radical (unpaired) electrons. The molecule has 32 heavy (non-hydrogen) atoms. The molecule has 0 saturated carbocycles. The minimum Gasteiger partial charge on any atom is -0.282 e. The molecule has 1 N–H and O–H groups in total. The highest BCUT2D eigenvalue weighted by Gasteiger charge is 2.18. The average molecular weight is 461 g/mol. The van der Waals surface area contributed by atoms with E-state index >= 15 is 0 Å². The second-order valence-corrected chi connectivity index (χ2v) is 10.7. The molecule has 0 aliphatic heterocycles. The van der Waals surface area contributed by atoms with Crippen molar-refractivity contribution in [2.24, 2.45) is 0 Å². The second kappa shape index (κ2) is 14.7. The Hall–Kier alpha value is -1.39. The normalized spacial score (nSPS) is 12.0. The van der Waals surface area contributed by atoms with E-state index in [1.807, 2.05) is 12.1 Å². The molecule has 0 aromatic heterocycles. The lowest BCUT2D eigenvalue weighted by Crippen LogP contribution is -2.04. The third-order valence-electron chi connectivity index (χ3n) is 6.57. The van der Waals surface area contributed by atoms with Crippen LogP contribution in [0.2, 0.25) is 0 Å². The van der Waals surface area contributed by atoms with Crippen LogP contribution in [0.3, 0.4) is 0 Å². The van der Waals surface area contributed by atoms with Gasteiger partial charge in [0.1, 0.15) is 4.90 Å². The van der Waals surface area contributed by atoms with Gasteiger partial charge >= 0.3 is 0 Å². The number of fused-ring (bicyclic) bond motifs is 1. The third kappa shape index (κ3) is 8.86. The van der Waals surface area contributed by atoms with Gasteiger partial charge in [0.25, 0.3) is 10.1 Å². The molecule has 0 fully saturated rings. The molecule has 0 aliphatic rings. The maximum atomic E-state index is 12.1. The summed E-state index contributed by atoms with van der Waals surface area (Å²) in [6, 6.07) is 9.43. The van der Waals surface area contributed by atoms with Crippen molar-refractivity contribution in [1.82, 2.24) is 0 Å². The Balaban J connectivity index is 2.14. The predicted octanol–water partition coefficient (Wildman–Crippen LogP) is 8.67. The maximum absolute atomic E-state index is 12.1. The summed E-state index contributed by atoms with van der Waals surface area (Å²) in [6.45, 7) is 4.48. The quantitative estimate of drug-likeness (QED) is 0.190. The molecule has 0 amide bonds. The lowest BCUT2D eigenvalue weighted by molar-refractivity contribution is 0.484. The van der Waals surface area contributed by atoms with Crippen LogP contribution in [0.5, 0.6) is 0 Å². The van der Waals surface area contributed by atoms with E-state index in [1.54, 1.807) is 12.1 Å². The molecule has 0 atom stereocenters. The van der Waals surface area contributed by atoms with Gasteiger partial charge in [0.05, 0.1) is 0 Å². The standard InChI is InChI=1S/C28H44O3S/c1-3-5-7-9-11-13-15-18-24-22-23-25-19-17-21-27(32(29,30)31)28(25)26(24)20-16-14-12-10-8-6-4-2/h17,19,21-23H,3-16,18,20H2,1-2H3,(H,29,30,31). The minimum absolute atomic E-state index is 0.0642. The van der Waals surface area contributed by atoms with E-state index in [-0.39, 0.29) is 4.90 Å². The van der Waals surface area contributed by atoms with Crippen molar-refractivity contribution >= 4 is 20.9 Å². The largest absolute Gasteiger partial charge is 0.295 e. The molecule has 0 unspecified atom stereocenters. The van der Waals surface area contributed by atoms with Crippen LogP contribution in [0.15, 0.2) is 35.2 Å². The van der Waals surface area contributed by atoms with Crippen LogP contribution >= 0.6 is 0 Å². The third-order valence-corrected chi connectivity index (χ3v) is 7.47. The molecule has 180 valence electrons. The van der Waals surface area contributed by atoms with Gasteiger partial charge in [-0.05, 0) is 48.3 Å². The molecular weight excluding hydrogens is 416 g/mol. The zero-order valence-corrected chi connectivity index (χ0v) is 21.2. The number of hydrogen-bond donors (Lipinski definition) is 1. The van der Waals surface area contributed by atoms with E-state index in [1.165, 1.54) is 82.6 Å². The summed E-state index contributed by atoms with van der Waals surface area (Å²) in [4.78, 5) is 0.0642. The fourth-order valence-corrected chi connectivity index (χ4v) is 5.48. The fraction of sp³-hybridized carbons (Fsp3) is 0.643. The fourth-order valence-electron chi connectivity index (χ4n) is 4.73. The number of unbranched alkanes of at least 4 members (excludes halogenated alkanes) is 12. The first-order valence-electron chi connectivity index (χ1n) is 13.0. The molecule has 0 spiro atoms. The van der Waals surface area contributed by atoms with E-state index in [4.69, 9.17) is 0 Å². The molecule has 3 nitrogen and oxygen atoms in total. The van der Waals surface area contributed by atoms with Crippen LogP contribution in [-0.4, -0.2) is 13.0 Å². The summed E-state index contributed by atoms with van der Waals surface area (Å²) < 4.78 is 34.1. The second-order valence-electron chi connectivity index (χ2n) is 9.28. The van der Waals surface area contributed by atoms with E-state index < -0.39 is 10.1 Å². The summed E-state index contributed by atoms with van der Waals surface area (Å²) in [7, 11) is -4.25. The van der Waals surface area contributed by atoms with Crippen LogP contribution in [0.1, 0.15) is 115 Å². The van der Waals surface area contributed by atoms with Gasteiger partial charge in [0.15, 0.2) is 0 Å². The topological polar surface area (TPSA) is 54.4 Å². The molecule has 0 heterocycles. The van der Waals surface area contributed by atoms with Crippen molar-refractivity contribution in [3.05, 3.63) is 41.5 Å². The van der Waals surface area contributed by atoms with Crippen molar-refractivity contribution in [3.63, 3.8) is 0 Å². The van der Waals surface area contributed by atoms with E-state index in [2.05, 4.69) is 19.9 Å². The molecule has 0 aliphatic carbocycles. The Kier molecular flexibility index (Phi) is 12.3. The van der Waals surface area contributed by atoms with Gasteiger partial charge in [0, 0.05) is 5.39 Å². The van der Waals surface area contributed by atoms with Gasteiger partial charge in [0.2, 0.25) is 0 Å². The first kappa shape index (κ1) is 26.9. The van der Waals surface area contributed by atoms with Gasteiger partial charge < -0.3 is 0 Å². The summed E-state index contributed by atoms with van der Waals surface area (Å²) in [5.74, 6) is 0. The van der Waals surface area contributed by atoms with Crippen LogP contribution in [0, 0.1) is 0 Å². The summed E-state index contributed by atoms with van der Waals surface area (Å²) in [6.07, 6.45) is 19.4. The van der Waals surface area contributed by atoms with Gasteiger partial charge in [-0.3, -0.25) is 4.55 Å². The lowest BCUT2D eigenvalue weighted by Gasteiger charge is -2.16. The van der Waals surface area contributed by atoms with Gasteiger partial charge in [-0.1, -0.05) is 115 Å². The van der Waals surface area contributed by atoms with Gasteiger partial charge in [-0.15, -0.1) is 0 Å². The smallest absolute Gasteiger partial charge is 0.282 e. The van der Waals surface area contributed by atoms with Crippen LogP contribution in [0.4, 0.5) is 0 Å². The average Bonchev–Trinajstić information content (AvgIpc) is 2.77. The molecule has 4 heteroatoms. The molecule has 0 saturated heterocycles. The first-order valence-corrected chi connectivity index (χ1v) is 14.4. The van der Waals surface area contributed by atoms with E-state index in [0.717, 1.165) is 42.0 Å². The first-order chi connectivity index (χ1) is 15.5. The van der Waals surface area contributed by atoms with Gasteiger partial charge in [-0.25, -0.2) is 0 Å². The van der Waals surface area contributed by atoms with Crippen molar-refractivity contribution in [2.75, 3.05) is 0 Å². The van der Waals surface area contributed by atoms with Crippen molar-refractivity contribution in [1.29, 1.82) is 0 Å². The van der Waals surface area contributed by atoms with Crippen LogP contribution in [0.25, 0.3) is 10.8 Å². The minimum atomic E-state index is -4.25. The Labute approximate surface area is 196 Å². The highest BCUT2D eigenvalue weighted by Crippen LogP contribution is 2.31. The maximum Gasteiger partial charge on any atom is 0.295 e. The monoisotopic (exact) mass is 460 g/mol. The number of rotatable bonds is 17. The molecular formula is C28H44O3S. The van der Waals surface area contributed by atoms with E-state index in [0.29, 0.717) is 0 Å². The number of aryl methyl sites for hydroxylation is 2. The molecule has 0 bridgehead atoms. The van der Waals surface area contributed by atoms with Gasteiger partial charge in [-0.2, -0.15) is 8.42 Å². The summed E-state index contributed by atoms with van der Waals surface area (Å²) in [5.41, 5.74) is 2.39. The SMILES string of the molecule is CCCCCCCCCc1ccc2cccc(S(=O)(=O)O)c2c1CCCCCCCCC. The summed E-state index contributed by atoms with van der Waals surface area (Å²) >= 11 is 0. The van der Waals surface area contributed by atoms with E-state index in [9.17, 15) is 13.0 Å². The zero-order valence-electron chi connectivity index (χ0n) is 20.4. The lowest BCUT2D eigenvalue weighted by atomic mass is 9.91. The zero-order chi connectivity index (χ0) is 23.2. The number of benzene rings is 2. The summed E-state index contributed by atoms with van der Waals surface area (Å²) in [5, 5.41) is 1.64. The van der Waals surface area contributed by atoms with Crippen molar-refractivity contribution < 1.29 is 13.0 Å². The predicted molar refractivity (Wildman–Crippen MR) is 137 cm³/mol. The highest BCUT2D eigenvalue weighted by molar-refractivity contribution is 7.86. The van der Waals surface area contributed by atoms with Crippen LogP contribution in [-0.2, 0) is 23.0 Å². The molecule has 2 rings (SSSR count). The highest BCUT2D eigenvalue weighted by atomic mass is 32.2. The Bertz CT molecular complexity index is 902. The van der Waals surface area contributed by atoms with Crippen molar-refractivity contribution in [2.45, 2.75) is 121 Å². The van der Waals surface area contributed by atoms with Crippen LogP contribution < -0.4 is 0 Å². The Morgan fingerprint density at radius 2 is 1.19 bits per heavy atom.